The summed E-state index contributed by atoms with van der Waals surface area (Å²) in [7, 11) is 4.50. The second-order valence-electron chi connectivity index (χ2n) is 13.0. The molecule has 1 saturated heterocycles. The Bertz CT molecular complexity index is 1720. The van der Waals surface area contributed by atoms with Crippen molar-refractivity contribution in [3.8, 4) is 22.6 Å². The fraction of sp³-hybridized carbons (Fsp3) is 0.441. The number of aliphatic hydroxyl groups is 4. The van der Waals surface area contributed by atoms with Gasteiger partial charge in [0.25, 0.3) is 5.91 Å². The Hall–Kier alpha value is -4.23. The summed E-state index contributed by atoms with van der Waals surface area (Å²) in [5, 5.41) is 58.1. The van der Waals surface area contributed by atoms with Gasteiger partial charge in [0.1, 0.15) is 28.6 Å². The summed E-state index contributed by atoms with van der Waals surface area (Å²) in [5.41, 5.74) is 3.14. The fourth-order valence-electron chi connectivity index (χ4n) is 8.10. The monoisotopic (exact) mass is 633 g/mol. The fourth-order valence-corrected chi connectivity index (χ4v) is 8.10. The summed E-state index contributed by atoms with van der Waals surface area (Å²) < 4.78 is 5.61. The van der Waals surface area contributed by atoms with Crippen LogP contribution in [0.15, 0.2) is 53.0 Å². The number of nitrogens with zero attached hydrogens (tertiary/aromatic N) is 2. The number of primary amides is 1. The molecule has 0 radical (unpaired) electrons. The van der Waals surface area contributed by atoms with E-state index < -0.39 is 75.6 Å². The highest BCUT2D eigenvalue weighted by atomic mass is 16.5. The minimum atomic E-state index is -2.97. The molecule has 0 spiro atoms. The Kier molecular flexibility index (Phi) is 7.75. The molecule has 6 atom stereocenters. The number of likely N-dealkylation sites (tertiary alicyclic amines) is 1. The van der Waals surface area contributed by atoms with Gasteiger partial charge in [0, 0.05) is 29.2 Å². The van der Waals surface area contributed by atoms with Crippen LogP contribution in [-0.2, 0) is 16.1 Å². The maximum atomic E-state index is 14.3. The number of hydrogen-bond donors (Lipinski definition) is 6. The molecular formula is C34H39N3O9. The zero-order valence-electron chi connectivity index (χ0n) is 26.1. The Balaban J connectivity index is 1.52. The summed E-state index contributed by atoms with van der Waals surface area (Å²) in [6.45, 7) is 4.39. The van der Waals surface area contributed by atoms with Crippen LogP contribution in [0.25, 0.3) is 11.1 Å². The number of aliphatic hydroxyl groups excluding tert-OH is 3. The van der Waals surface area contributed by atoms with Gasteiger partial charge in [-0.05, 0) is 69.2 Å². The van der Waals surface area contributed by atoms with Gasteiger partial charge in [-0.3, -0.25) is 24.2 Å². The number of ether oxygens (including phenoxy) is 1. The third-order valence-corrected chi connectivity index (χ3v) is 10.3. The summed E-state index contributed by atoms with van der Waals surface area (Å²) >= 11 is 0. The topological polar surface area (TPSA) is 194 Å². The van der Waals surface area contributed by atoms with Crippen molar-refractivity contribution in [1.29, 1.82) is 0 Å². The van der Waals surface area contributed by atoms with Crippen LogP contribution < -0.4 is 10.5 Å². The van der Waals surface area contributed by atoms with Crippen LogP contribution in [0.5, 0.6) is 11.5 Å². The van der Waals surface area contributed by atoms with Crippen molar-refractivity contribution in [2.45, 2.75) is 50.0 Å². The van der Waals surface area contributed by atoms with E-state index in [1.54, 1.807) is 25.1 Å². The van der Waals surface area contributed by atoms with E-state index in [-0.39, 0.29) is 11.3 Å². The number of fused-ring (bicyclic) bond motifs is 3. The average molecular weight is 634 g/mol. The number of carbonyl (C=O) groups excluding carboxylic acids is 3. The summed E-state index contributed by atoms with van der Waals surface area (Å²) in [6, 6.07) is 7.69. The van der Waals surface area contributed by atoms with Gasteiger partial charge < -0.3 is 36.0 Å². The molecule has 0 bridgehead atoms. The maximum Gasteiger partial charge on any atom is 0.255 e. The third kappa shape index (κ3) is 4.38. The number of rotatable bonds is 6. The first-order chi connectivity index (χ1) is 21.7. The van der Waals surface area contributed by atoms with Gasteiger partial charge >= 0.3 is 0 Å². The molecule has 12 heteroatoms. The quantitative estimate of drug-likeness (QED) is 0.255. The molecule has 46 heavy (non-hydrogen) atoms. The number of hydrogen-bond acceptors (Lipinski definition) is 11. The van der Waals surface area contributed by atoms with Crippen molar-refractivity contribution in [2.75, 3.05) is 34.3 Å². The molecular weight excluding hydrogens is 594 g/mol. The SMILES string of the molecule is COc1ccc(CN2CCCC2)cc1-c1ccc2c(c1O)C(=O)C1=C(O)[C@]3(O)C(=O)C(C(N)=O)=C(O)[C@@H](N(C)C)[C@@H]3[C@@H](O)[C@@H]1[C@H]2C. The van der Waals surface area contributed by atoms with Crippen molar-refractivity contribution in [2.24, 2.45) is 17.6 Å². The zero-order chi connectivity index (χ0) is 33.4. The largest absolute Gasteiger partial charge is 0.510 e. The molecule has 2 aromatic carbocycles. The molecule has 12 nitrogen and oxygen atoms in total. The van der Waals surface area contributed by atoms with E-state index >= 15 is 0 Å². The lowest BCUT2D eigenvalue weighted by Crippen LogP contribution is -2.68. The normalized spacial score (nSPS) is 29.6. The first-order valence-corrected chi connectivity index (χ1v) is 15.3. The molecule has 1 aliphatic heterocycles. The summed E-state index contributed by atoms with van der Waals surface area (Å²) in [5.74, 6) is -8.76. The molecule has 0 unspecified atom stereocenters. The van der Waals surface area contributed by atoms with E-state index in [9.17, 15) is 39.9 Å². The summed E-state index contributed by atoms with van der Waals surface area (Å²) in [4.78, 5) is 43.9. The molecule has 7 N–H and O–H groups in total. The minimum Gasteiger partial charge on any atom is -0.510 e. The van der Waals surface area contributed by atoms with Gasteiger partial charge in [-0.1, -0.05) is 25.1 Å². The van der Waals surface area contributed by atoms with Crippen molar-refractivity contribution in [3.63, 3.8) is 0 Å². The lowest BCUT2D eigenvalue weighted by Gasteiger charge is -2.53. The number of ketones is 2. The summed E-state index contributed by atoms with van der Waals surface area (Å²) in [6.07, 6.45) is 0.609. The Labute approximate surface area is 266 Å². The second-order valence-corrected chi connectivity index (χ2v) is 13.0. The highest BCUT2D eigenvalue weighted by Crippen LogP contribution is 2.56. The zero-order valence-corrected chi connectivity index (χ0v) is 26.1. The number of methoxy groups -OCH3 is 1. The van der Waals surface area contributed by atoms with Crippen molar-refractivity contribution in [1.82, 2.24) is 9.80 Å². The van der Waals surface area contributed by atoms with E-state index in [0.29, 0.717) is 29.0 Å². The second kappa shape index (κ2) is 11.2. The van der Waals surface area contributed by atoms with Crippen LogP contribution in [0.1, 0.15) is 47.2 Å². The average Bonchev–Trinajstić information content (AvgIpc) is 3.51. The molecule has 2 aromatic rings. The van der Waals surface area contributed by atoms with Crippen LogP contribution in [0.3, 0.4) is 0 Å². The number of carbonyl (C=O) groups is 3. The van der Waals surface area contributed by atoms with E-state index in [0.717, 1.165) is 31.5 Å². The van der Waals surface area contributed by atoms with Crippen LogP contribution in [0, 0.1) is 11.8 Å². The van der Waals surface area contributed by atoms with E-state index in [2.05, 4.69) is 4.90 Å². The predicted octanol–water partition coefficient (Wildman–Crippen LogP) is 1.92. The highest BCUT2D eigenvalue weighted by Gasteiger charge is 2.67. The van der Waals surface area contributed by atoms with Gasteiger partial charge in [0.2, 0.25) is 5.78 Å². The Morgan fingerprint density at radius 3 is 2.37 bits per heavy atom. The van der Waals surface area contributed by atoms with E-state index in [1.165, 1.54) is 26.1 Å². The lowest BCUT2D eigenvalue weighted by molar-refractivity contribution is -0.162. The lowest BCUT2D eigenvalue weighted by atomic mass is 9.55. The molecule has 1 heterocycles. The van der Waals surface area contributed by atoms with Gasteiger partial charge in [-0.15, -0.1) is 0 Å². The maximum absolute atomic E-state index is 14.3. The number of nitrogens with two attached hydrogens (primary N) is 1. The van der Waals surface area contributed by atoms with Crippen molar-refractivity contribution < 1.29 is 44.7 Å². The number of aromatic hydroxyl groups is 1. The van der Waals surface area contributed by atoms with E-state index in [1.807, 2.05) is 12.1 Å². The molecule has 3 aliphatic carbocycles. The van der Waals surface area contributed by atoms with Gasteiger partial charge in [0.05, 0.1) is 30.7 Å². The molecule has 0 saturated carbocycles. The van der Waals surface area contributed by atoms with Gasteiger partial charge in [-0.25, -0.2) is 0 Å². The Morgan fingerprint density at radius 1 is 1.09 bits per heavy atom. The number of phenolic OH excluding ortho intramolecular Hbond substituents is 1. The molecule has 1 fully saturated rings. The minimum absolute atomic E-state index is 0.148. The highest BCUT2D eigenvalue weighted by molar-refractivity contribution is 6.25. The molecule has 1 amide bonds. The first kappa shape index (κ1) is 31.7. The number of benzene rings is 2. The first-order valence-electron chi connectivity index (χ1n) is 15.3. The number of likely N-dealkylation sites (N-methyl/N-ethyl adjacent to an activating group) is 1. The number of Topliss-reactive ketones (excluding diaryl/α,β-unsaturated/α-hetero) is 2. The molecule has 244 valence electrons. The van der Waals surface area contributed by atoms with Crippen LogP contribution in [0.4, 0.5) is 0 Å². The van der Waals surface area contributed by atoms with Crippen LogP contribution >= 0.6 is 0 Å². The smallest absolute Gasteiger partial charge is 0.255 e. The standard InChI is InChI=1S/C34H39N3O9/c1-15-17-8-9-18(19-13-16(7-10-20(19)46-4)14-37-11-5-6-12-37)27(38)22(17)28(39)23-21(15)29(40)25-26(36(2)3)30(41)24(33(35)44)32(43)34(25,45)31(23)42/h7-10,13,15,21,25-26,29,38,40-42,45H,5-6,11-12,14H2,1-4H3,(H2,35,44)/t15-,21+,25+,26-,29-,34-/m0/s1. The van der Waals surface area contributed by atoms with Gasteiger partial charge in [0.15, 0.2) is 11.4 Å². The van der Waals surface area contributed by atoms with Gasteiger partial charge in [-0.2, -0.15) is 0 Å². The van der Waals surface area contributed by atoms with Crippen LogP contribution in [-0.4, -0.2) is 105 Å². The van der Waals surface area contributed by atoms with Crippen molar-refractivity contribution >= 4 is 17.5 Å². The third-order valence-electron chi connectivity index (χ3n) is 10.3. The predicted molar refractivity (Wildman–Crippen MR) is 166 cm³/mol. The van der Waals surface area contributed by atoms with Crippen molar-refractivity contribution in [3.05, 3.63) is 69.7 Å². The van der Waals surface area contributed by atoms with Crippen LogP contribution in [0.2, 0.25) is 0 Å². The molecule has 6 rings (SSSR count). The molecule has 0 aromatic heterocycles. The number of phenols is 1. The Morgan fingerprint density at radius 2 is 1.76 bits per heavy atom. The molecule has 4 aliphatic rings. The number of amides is 1. The van der Waals surface area contributed by atoms with E-state index in [4.69, 9.17) is 10.5 Å².